The van der Waals surface area contributed by atoms with Crippen LogP contribution in [-0.4, -0.2) is 22.9 Å². The molecule has 0 aromatic heterocycles. The van der Waals surface area contributed by atoms with Crippen LogP contribution in [-0.2, 0) is 0 Å². The van der Waals surface area contributed by atoms with Crippen LogP contribution >= 0.6 is 0 Å². The Morgan fingerprint density at radius 3 is 2.50 bits per heavy atom. The normalized spacial score (nSPS) is 36.1. The van der Waals surface area contributed by atoms with Crippen LogP contribution in [0.2, 0.25) is 0 Å². The highest BCUT2D eigenvalue weighted by Gasteiger charge is 2.53. The van der Waals surface area contributed by atoms with E-state index in [1.165, 1.54) is 25.7 Å². The summed E-state index contributed by atoms with van der Waals surface area (Å²) in [7, 11) is 0. The third-order valence-corrected chi connectivity index (χ3v) is 6.98. The van der Waals surface area contributed by atoms with Gasteiger partial charge in [-0.1, -0.05) is 38.8 Å². The highest BCUT2D eigenvalue weighted by Crippen LogP contribution is 2.60. The quantitative estimate of drug-likeness (QED) is 0.723. The van der Waals surface area contributed by atoms with Crippen molar-refractivity contribution in [1.82, 2.24) is 0 Å². The van der Waals surface area contributed by atoms with Crippen LogP contribution < -0.4 is 0 Å². The van der Waals surface area contributed by atoms with Crippen LogP contribution in [0, 0.1) is 22.7 Å². The molecule has 22 heavy (non-hydrogen) atoms. The minimum atomic E-state index is -0.154. The second kappa shape index (κ2) is 6.65. The summed E-state index contributed by atoms with van der Waals surface area (Å²) in [6.45, 7) is 11.9. The van der Waals surface area contributed by atoms with E-state index in [2.05, 4.69) is 34.6 Å². The number of hydrogen-bond acceptors (Lipinski definition) is 2. The smallest absolute Gasteiger partial charge is 0.0594 e. The van der Waals surface area contributed by atoms with Gasteiger partial charge in [0.15, 0.2) is 0 Å². The average Bonchev–Trinajstić information content (AvgIpc) is 2.43. The molecule has 0 amide bonds. The Morgan fingerprint density at radius 2 is 1.86 bits per heavy atom. The third kappa shape index (κ3) is 3.14. The first-order valence-corrected chi connectivity index (χ1v) is 9.21. The van der Waals surface area contributed by atoms with Gasteiger partial charge in [-0.15, -0.1) is 0 Å². The van der Waals surface area contributed by atoms with Crippen molar-refractivity contribution < 1.29 is 10.2 Å². The highest BCUT2D eigenvalue weighted by atomic mass is 16.3. The minimum absolute atomic E-state index is 0.0235. The average molecular weight is 309 g/mol. The number of fused-ring (bicyclic) bond motifs is 1. The fourth-order valence-corrected chi connectivity index (χ4v) is 5.34. The zero-order chi connectivity index (χ0) is 16.5. The molecule has 2 nitrogen and oxygen atoms in total. The van der Waals surface area contributed by atoms with Crippen LogP contribution in [0.15, 0.2) is 11.1 Å². The van der Waals surface area contributed by atoms with Crippen molar-refractivity contribution >= 4 is 0 Å². The van der Waals surface area contributed by atoms with Gasteiger partial charge in [-0.3, -0.25) is 0 Å². The molecule has 2 aliphatic carbocycles. The number of aliphatic hydroxyl groups excluding tert-OH is 2. The van der Waals surface area contributed by atoms with Crippen molar-refractivity contribution in [3.05, 3.63) is 11.1 Å². The topological polar surface area (TPSA) is 40.5 Å². The van der Waals surface area contributed by atoms with Gasteiger partial charge < -0.3 is 10.2 Å². The van der Waals surface area contributed by atoms with Gasteiger partial charge in [-0.25, -0.2) is 0 Å². The fourth-order valence-electron chi connectivity index (χ4n) is 5.34. The van der Waals surface area contributed by atoms with Crippen LogP contribution in [0.25, 0.3) is 0 Å². The van der Waals surface area contributed by atoms with Crippen LogP contribution in [0.5, 0.6) is 0 Å². The summed E-state index contributed by atoms with van der Waals surface area (Å²) in [5, 5.41) is 19.6. The molecule has 0 aromatic carbocycles. The number of rotatable bonds is 5. The first kappa shape index (κ1) is 18.0. The predicted octanol–water partition coefficient (Wildman–Crippen LogP) is 4.70. The molecule has 0 unspecified atom stereocenters. The Kier molecular flexibility index (Phi) is 5.44. The van der Waals surface area contributed by atoms with Crippen molar-refractivity contribution in [2.24, 2.45) is 22.7 Å². The molecule has 0 aliphatic heterocycles. The Labute approximate surface area is 137 Å². The van der Waals surface area contributed by atoms with E-state index < -0.39 is 0 Å². The van der Waals surface area contributed by atoms with Gasteiger partial charge >= 0.3 is 0 Å². The van der Waals surface area contributed by atoms with Crippen molar-refractivity contribution in [3.63, 3.8) is 0 Å². The number of hydrogen-bond donors (Lipinski definition) is 2. The van der Waals surface area contributed by atoms with E-state index in [0.29, 0.717) is 18.4 Å². The van der Waals surface area contributed by atoms with Gasteiger partial charge in [0.1, 0.15) is 0 Å². The highest BCUT2D eigenvalue weighted by molar-refractivity contribution is 5.28. The monoisotopic (exact) mass is 308 g/mol. The number of allylic oxidation sites excluding steroid dienone is 2. The first-order chi connectivity index (χ1) is 10.2. The summed E-state index contributed by atoms with van der Waals surface area (Å²) in [5.41, 5.74) is 3.57. The van der Waals surface area contributed by atoms with E-state index in [1.54, 1.807) is 11.1 Å². The van der Waals surface area contributed by atoms with Crippen molar-refractivity contribution in [2.75, 3.05) is 6.61 Å². The molecule has 1 fully saturated rings. The largest absolute Gasteiger partial charge is 0.396 e. The Balaban J connectivity index is 2.21. The van der Waals surface area contributed by atoms with Gasteiger partial charge in [-0.2, -0.15) is 0 Å². The molecule has 1 saturated carbocycles. The molecule has 0 radical (unpaired) electrons. The molecule has 0 saturated heterocycles. The van der Waals surface area contributed by atoms with Gasteiger partial charge in [0.05, 0.1) is 6.10 Å². The lowest BCUT2D eigenvalue weighted by molar-refractivity contribution is -0.0894. The fraction of sp³-hybridized carbons (Fsp3) is 0.900. The summed E-state index contributed by atoms with van der Waals surface area (Å²) in [5.74, 6) is 1.19. The Hall–Kier alpha value is -0.340. The summed E-state index contributed by atoms with van der Waals surface area (Å²) in [6.07, 6.45) is 7.59. The maximum atomic E-state index is 10.5. The minimum Gasteiger partial charge on any atom is -0.396 e. The summed E-state index contributed by atoms with van der Waals surface area (Å²) in [4.78, 5) is 0. The summed E-state index contributed by atoms with van der Waals surface area (Å²) < 4.78 is 0. The van der Waals surface area contributed by atoms with E-state index in [0.717, 1.165) is 19.3 Å². The lowest BCUT2D eigenvalue weighted by Gasteiger charge is -2.57. The van der Waals surface area contributed by atoms with Crippen molar-refractivity contribution in [3.8, 4) is 0 Å². The first-order valence-electron chi connectivity index (χ1n) is 9.21. The molecule has 4 atom stereocenters. The summed E-state index contributed by atoms with van der Waals surface area (Å²) >= 11 is 0. The second-order valence-corrected chi connectivity index (χ2v) is 8.80. The van der Waals surface area contributed by atoms with Crippen molar-refractivity contribution in [1.29, 1.82) is 0 Å². The number of aliphatic hydroxyl groups is 2. The van der Waals surface area contributed by atoms with E-state index in [9.17, 15) is 5.11 Å². The van der Waals surface area contributed by atoms with Crippen molar-refractivity contribution in [2.45, 2.75) is 85.7 Å². The third-order valence-electron chi connectivity index (χ3n) is 6.98. The molecule has 0 aromatic rings. The van der Waals surface area contributed by atoms with Crippen LogP contribution in [0.1, 0.15) is 79.6 Å². The molecule has 2 heteroatoms. The molecular formula is C20H36O2. The zero-order valence-electron chi connectivity index (χ0n) is 15.3. The molecule has 0 bridgehead atoms. The van der Waals surface area contributed by atoms with Crippen LogP contribution in [0.4, 0.5) is 0 Å². The van der Waals surface area contributed by atoms with E-state index in [4.69, 9.17) is 5.11 Å². The molecule has 0 spiro atoms. The van der Waals surface area contributed by atoms with Gasteiger partial charge in [0, 0.05) is 6.61 Å². The standard InChI is InChI=1S/C20H36O2/c1-14(11-13-21)6-8-16-15(2)7-9-17-19(3,4)18(22)10-12-20(16,17)5/h14,17-18,21-22H,6-13H2,1-5H3/t14-,17+,18+,20-/m0/s1. The van der Waals surface area contributed by atoms with Gasteiger partial charge in [0.25, 0.3) is 0 Å². The molecule has 128 valence electrons. The predicted molar refractivity (Wildman–Crippen MR) is 92.7 cm³/mol. The lowest BCUT2D eigenvalue weighted by Crippen LogP contribution is -2.52. The Bertz CT molecular complexity index is 423. The van der Waals surface area contributed by atoms with E-state index >= 15 is 0 Å². The molecule has 2 rings (SSSR count). The van der Waals surface area contributed by atoms with Crippen LogP contribution in [0.3, 0.4) is 0 Å². The molecule has 0 heterocycles. The van der Waals surface area contributed by atoms with Gasteiger partial charge in [-0.05, 0) is 74.5 Å². The zero-order valence-corrected chi connectivity index (χ0v) is 15.3. The SMILES string of the molecule is CC1=C(CC[C@H](C)CCO)[C@]2(C)CC[C@@H](O)C(C)(C)[C@H]2CC1. The molecule has 2 aliphatic rings. The Morgan fingerprint density at radius 1 is 1.18 bits per heavy atom. The maximum Gasteiger partial charge on any atom is 0.0594 e. The molecular weight excluding hydrogens is 272 g/mol. The van der Waals surface area contributed by atoms with E-state index in [-0.39, 0.29) is 16.9 Å². The molecule has 2 N–H and O–H groups in total. The second-order valence-electron chi connectivity index (χ2n) is 8.80. The van der Waals surface area contributed by atoms with E-state index in [1.807, 2.05) is 0 Å². The van der Waals surface area contributed by atoms with Gasteiger partial charge in [0.2, 0.25) is 0 Å². The lowest BCUT2D eigenvalue weighted by atomic mass is 9.49. The maximum absolute atomic E-state index is 10.5. The summed E-state index contributed by atoms with van der Waals surface area (Å²) in [6, 6.07) is 0.